The lowest BCUT2D eigenvalue weighted by molar-refractivity contribution is 0.294. The van der Waals surface area contributed by atoms with Crippen molar-refractivity contribution in [3.63, 3.8) is 0 Å². The summed E-state index contributed by atoms with van der Waals surface area (Å²) in [5, 5.41) is 12.7. The Kier molecular flexibility index (Phi) is 3.69. The molecule has 102 valence electrons. The summed E-state index contributed by atoms with van der Waals surface area (Å²) >= 11 is 0. The van der Waals surface area contributed by atoms with Crippen molar-refractivity contribution < 1.29 is 9.84 Å². The Labute approximate surface area is 113 Å². The first-order valence-electron chi connectivity index (χ1n) is 7.00. The molecule has 2 aliphatic heterocycles. The molecule has 0 aromatic heterocycles. The van der Waals surface area contributed by atoms with E-state index in [0.717, 1.165) is 31.0 Å². The van der Waals surface area contributed by atoms with Crippen molar-refractivity contribution in [2.24, 2.45) is 10.9 Å². The van der Waals surface area contributed by atoms with Crippen molar-refractivity contribution in [3.8, 4) is 5.75 Å². The second kappa shape index (κ2) is 5.61. The molecular formula is C15H20N2O2. The number of phenolic OH excluding ortho intramolecular Hbond substituents is 1. The Morgan fingerprint density at radius 3 is 2.68 bits per heavy atom. The minimum atomic E-state index is 0.0947. The van der Waals surface area contributed by atoms with Gasteiger partial charge in [-0.2, -0.15) is 0 Å². The molecule has 1 atom stereocenters. The molecule has 2 heterocycles. The standard InChI is InChI=1S/C15H20N2O2/c18-13-3-1-12(2-4-13)14-10-19-15(17-14)9-11-5-7-16-8-6-11/h1-4,11,14,16,18H,5-10H2. The van der Waals surface area contributed by atoms with E-state index in [1.165, 1.54) is 12.8 Å². The minimum Gasteiger partial charge on any atom is -0.508 e. The molecule has 1 aromatic rings. The predicted molar refractivity (Wildman–Crippen MR) is 74.4 cm³/mol. The quantitative estimate of drug-likeness (QED) is 0.876. The number of aliphatic imine (C=N–C) groups is 1. The fraction of sp³-hybridized carbons (Fsp3) is 0.533. The highest BCUT2D eigenvalue weighted by Gasteiger charge is 2.23. The van der Waals surface area contributed by atoms with Gasteiger partial charge >= 0.3 is 0 Å². The van der Waals surface area contributed by atoms with E-state index in [1.807, 2.05) is 12.1 Å². The monoisotopic (exact) mass is 260 g/mol. The summed E-state index contributed by atoms with van der Waals surface area (Å²) in [5.41, 5.74) is 1.11. The van der Waals surface area contributed by atoms with Crippen molar-refractivity contribution in [2.75, 3.05) is 19.7 Å². The highest BCUT2D eigenvalue weighted by Crippen LogP contribution is 2.27. The maximum atomic E-state index is 9.29. The van der Waals surface area contributed by atoms with Gasteiger partial charge < -0.3 is 15.2 Å². The Bertz CT molecular complexity index is 450. The average molecular weight is 260 g/mol. The molecule has 2 aliphatic rings. The van der Waals surface area contributed by atoms with Gasteiger partial charge in [0, 0.05) is 6.42 Å². The Morgan fingerprint density at radius 2 is 1.95 bits per heavy atom. The molecule has 1 aromatic carbocycles. The largest absolute Gasteiger partial charge is 0.508 e. The van der Waals surface area contributed by atoms with Crippen LogP contribution in [0.2, 0.25) is 0 Å². The fourth-order valence-corrected chi connectivity index (χ4v) is 2.74. The summed E-state index contributed by atoms with van der Waals surface area (Å²) in [6.07, 6.45) is 3.40. The van der Waals surface area contributed by atoms with Crippen LogP contribution in [-0.4, -0.2) is 30.7 Å². The molecule has 4 heteroatoms. The lowest BCUT2D eigenvalue weighted by Crippen LogP contribution is -2.28. The molecule has 19 heavy (non-hydrogen) atoms. The molecule has 4 nitrogen and oxygen atoms in total. The van der Waals surface area contributed by atoms with Crippen molar-refractivity contribution in [1.82, 2.24) is 5.32 Å². The third-order valence-electron chi connectivity index (χ3n) is 3.91. The zero-order chi connectivity index (χ0) is 13.1. The lowest BCUT2D eigenvalue weighted by atomic mass is 9.95. The topological polar surface area (TPSA) is 53.9 Å². The van der Waals surface area contributed by atoms with Crippen molar-refractivity contribution >= 4 is 5.90 Å². The van der Waals surface area contributed by atoms with Crippen LogP contribution in [0.3, 0.4) is 0 Å². The molecule has 1 unspecified atom stereocenters. The molecule has 1 fully saturated rings. The first-order valence-corrected chi connectivity index (χ1v) is 7.00. The molecule has 1 saturated heterocycles. The summed E-state index contributed by atoms with van der Waals surface area (Å²) < 4.78 is 5.72. The van der Waals surface area contributed by atoms with Crippen molar-refractivity contribution in [3.05, 3.63) is 29.8 Å². The van der Waals surface area contributed by atoms with E-state index in [1.54, 1.807) is 12.1 Å². The minimum absolute atomic E-state index is 0.0947. The summed E-state index contributed by atoms with van der Waals surface area (Å²) in [6.45, 7) is 2.85. The third kappa shape index (κ3) is 3.07. The zero-order valence-electron chi connectivity index (χ0n) is 11.0. The van der Waals surface area contributed by atoms with E-state index < -0.39 is 0 Å². The number of phenols is 1. The number of hydrogen-bond donors (Lipinski definition) is 2. The fourth-order valence-electron chi connectivity index (χ4n) is 2.74. The van der Waals surface area contributed by atoms with E-state index in [4.69, 9.17) is 4.74 Å². The maximum Gasteiger partial charge on any atom is 0.184 e. The third-order valence-corrected chi connectivity index (χ3v) is 3.91. The van der Waals surface area contributed by atoms with Gasteiger partial charge in [0.15, 0.2) is 5.90 Å². The molecule has 0 saturated carbocycles. The van der Waals surface area contributed by atoms with Crippen LogP contribution in [0.25, 0.3) is 0 Å². The number of aromatic hydroxyl groups is 1. The number of rotatable bonds is 3. The smallest absolute Gasteiger partial charge is 0.184 e. The normalized spacial score (nSPS) is 24.0. The molecule has 0 spiro atoms. The first-order chi connectivity index (χ1) is 9.31. The molecule has 0 aliphatic carbocycles. The molecule has 0 amide bonds. The molecular weight excluding hydrogens is 240 g/mol. The van der Waals surface area contributed by atoms with Crippen LogP contribution in [0, 0.1) is 5.92 Å². The van der Waals surface area contributed by atoms with Gasteiger partial charge in [-0.15, -0.1) is 0 Å². The van der Waals surface area contributed by atoms with Gasteiger partial charge in [-0.05, 0) is 49.5 Å². The molecule has 3 rings (SSSR count). The van der Waals surface area contributed by atoms with Gasteiger partial charge in [0.25, 0.3) is 0 Å². The number of nitrogens with zero attached hydrogens (tertiary/aromatic N) is 1. The van der Waals surface area contributed by atoms with Crippen molar-refractivity contribution in [1.29, 1.82) is 0 Å². The molecule has 2 N–H and O–H groups in total. The Balaban J connectivity index is 1.62. The molecule has 0 radical (unpaired) electrons. The van der Waals surface area contributed by atoms with Gasteiger partial charge in [0.2, 0.25) is 0 Å². The first kappa shape index (κ1) is 12.5. The second-order valence-electron chi connectivity index (χ2n) is 5.34. The summed E-state index contributed by atoms with van der Waals surface area (Å²) in [6, 6.07) is 7.34. The number of hydrogen-bond acceptors (Lipinski definition) is 4. The summed E-state index contributed by atoms with van der Waals surface area (Å²) in [5.74, 6) is 1.91. The Hall–Kier alpha value is -1.55. The van der Waals surface area contributed by atoms with Crippen LogP contribution in [0.15, 0.2) is 29.3 Å². The maximum absolute atomic E-state index is 9.29. The number of piperidine rings is 1. The van der Waals surface area contributed by atoms with Gasteiger partial charge in [-0.25, -0.2) is 4.99 Å². The van der Waals surface area contributed by atoms with Crippen LogP contribution in [0.5, 0.6) is 5.75 Å². The van der Waals surface area contributed by atoms with Crippen LogP contribution in [0.4, 0.5) is 0 Å². The number of benzene rings is 1. The van der Waals surface area contributed by atoms with Gasteiger partial charge in [0.05, 0.1) is 0 Å². The Morgan fingerprint density at radius 1 is 1.21 bits per heavy atom. The van der Waals surface area contributed by atoms with Gasteiger partial charge in [-0.1, -0.05) is 12.1 Å². The highest BCUT2D eigenvalue weighted by atomic mass is 16.5. The van der Waals surface area contributed by atoms with Crippen LogP contribution in [0.1, 0.15) is 30.9 Å². The van der Waals surface area contributed by atoms with E-state index in [0.29, 0.717) is 18.3 Å². The van der Waals surface area contributed by atoms with E-state index in [-0.39, 0.29) is 6.04 Å². The number of nitrogens with one attached hydrogen (secondary N) is 1. The number of ether oxygens (including phenoxy) is 1. The lowest BCUT2D eigenvalue weighted by Gasteiger charge is -2.21. The van der Waals surface area contributed by atoms with E-state index in [9.17, 15) is 5.11 Å². The van der Waals surface area contributed by atoms with Gasteiger partial charge in [0.1, 0.15) is 18.4 Å². The highest BCUT2D eigenvalue weighted by molar-refractivity contribution is 5.78. The van der Waals surface area contributed by atoms with Crippen molar-refractivity contribution in [2.45, 2.75) is 25.3 Å². The van der Waals surface area contributed by atoms with E-state index >= 15 is 0 Å². The van der Waals surface area contributed by atoms with Crippen LogP contribution >= 0.6 is 0 Å². The van der Waals surface area contributed by atoms with Crippen LogP contribution < -0.4 is 5.32 Å². The summed E-state index contributed by atoms with van der Waals surface area (Å²) in [7, 11) is 0. The molecule has 0 bridgehead atoms. The summed E-state index contributed by atoms with van der Waals surface area (Å²) in [4.78, 5) is 4.67. The van der Waals surface area contributed by atoms with Gasteiger partial charge in [-0.3, -0.25) is 0 Å². The predicted octanol–water partition coefficient (Wildman–Crippen LogP) is 2.25. The zero-order valence-corrected chi connectivity index (χ0v) is 11.0. The second-order valence-corrected chi connectivity index (χ2v) is 5.34. The average Bonchev–Trinajstić information content (AvgIpc) is 2.89. The van der Waals surface area contributed by atoms with E-state index in [2.05, 4.69) is 10.3 Å². The van der Waals surface area contributed by atoms with Crippen LogP contribution in [-0.2, 0) is 4.74 Å². The SMILES string of the molecule is Oc1ccc(C2COC(CC3CCNCC3)=N2)cc1.